The van der Waals surface area contributed by atoms with Gasteiger partial charge < -0.3 is 14.8 Å². The number of nitrogens with one attached hydrogen (secondary N) is 1. The summed E-state index contributed by atoms with van der Waals surface area (Å²) in [7, 11) is 1.65. The van der Waals surface area contributed by atoms with Gasteiger partial charge in [0.1, 0.15) is 0 Å². The van der Waals surface area contributed by atoms with Gasteiger partial charge >= 0.3 is 0 Å². The van der Waals surface area contributed by atoms with Crippen molar-refractivity contribution in [1.29, 1.82) is 0 Å². The number of hydrogen-bond donors (Lipinski definition) is 1. The van der Waals surface area contributed by atoms with Gasteiger partial charge in [-0.15, -0.1) is 0 Å². The summed E-state index contributed by atoms with van der Waals surface area (Å²) in [6.07, 6.45) is 7.67. The SMILES string of the molecule is CCOc1ccc(C=Nc2ccc([C@@H]3Nc4ccccc4[C@@H]4C=CC[C@@H]43)cc2)cc1OC. The number of para-hydroxylation sites is 1. The second-order valence-electron chi connectivity index (χ2n) is 8.26. The Balaban J connectivity index is 1.34. The molecule has 0 amide bonds. The number of hydrogen-bond acceptors (Lipinski definition) is 4. The minimum Gasteiger partial charge on any atom is -0.493 e. The number of allylic oxidation sites excluding steroid dienone is 2. The first-order valence-corrected chi connectivity index (χ1v) is 11.2. The van der Waals surface area contributed by atoms with Crippen molar-refractivity contribution in [2.24, 2.45) is 10.9 Å². The lowest BCUT2D eigenvalue weighted by Gasteiger charge is -2.37. The van der Waals surface area contributed by atoms with E-state index in [4.69, 9.17) is 9.47 Å². The molecule has 0 aromatic heterocycles. The normalized spacial score (nSPS) is 21.1. The Morgan fingerprint density at radius 2 is 1.88 bits per heavy atom. The minimum atomic E-state index is 0.304. The van der Waals surface area contributed by atoms with E-state index in [2.05, 4.69) is 71.0 Å². The second-order valence-corrected chi connectivity index (χ2v) is 8.26. The highest BCUT2D eigenvalue weighted by atomic mass is 16.5. The van der Waals surface area contributed by atoms with E-state index in [1.165, 1.54) is 16.8 Å². The van der Waals surface area contributed by atoms with Gasteiger partial charge in [-0.25, -0.2) is 0 Å². The predicted molar refractivity (Wildman–Crippen MR) is 131 cm³/mol. The fourth-order valence-corrected chi connectivity index (χ4v) is 4.83. The van der Waals surface area contributed by atoms with Gasteiger partial charge in [-0.3, -0.25) is 4.99 Å². The molecule has 0 saturated carbocycles. The van der Waals surface area contributed by atoms with Crippen LogP contribution in [0.2, 0.25) is 0 Å². The van der Waals surface area contributed by atoms with Crippen molar-refractivity contribution in [1.82, 2.24) is 0 Å². The van der Waals surface area contributed by atoms with Gasteiger partial charge in [0.2, 0.25) is 0 Å². The number of anilines is 1. The number of aliphatic imine (C=N–C) groups is 1. The zero-order valence-corrected chi connectivity index (χ0v) is 18.5. The van der Waals surface area contributed by atoms with Crippen molar-refractivity contribution in [2.75, 3.05) is 19.0 Å². The van der Waals surface area contributed by atoms with Crippen LogP contribution in [0, 0.1) is 5.92 Å². The largest absolute Gasteiger partial charge is 0.493 e. The van der Waals surface area contributed by atoms with Crippen LogP contribution >= 0.6 is 0 Å². The van der Waals surface area contributed by atoms with E-state index < -0.39 is 0 Å². The molecule has 3 aromatic carbocycles. The van der Waals surface area contributed by atoms with Crippen LogP contribution in [0.15, 0.2) is 83.9 Å². The summed E-state index contributed by atoms with van der Waals surface area (Å²) in [5.74, 6) is 2.51. The maximum Gasteiger partial charge on any atom is 0.161 e. The first-order valence-electron chi connectivity index (χ1n) is 11.2. The Hall–Kier alpha value is -3.53. The molecule has 1 aliphatic carbocycles. The molecule has 3 aromatic rings. The molecule has 0 unspecified atom stereocenters. The van der Waals surface area contributed by atoms with Gasteiger partial charge in [-0.1, -0.05) is 42.5 Å². The Morgan fingerprint density at radius 3 is 2.69 bits per heavy atom. The maximum absolute atomic E-state index is 5.59. The topological polar surface area (TPSA) is 42.8 Å². The average molecular weight is 425 g/mol. The third kappa shape index (κ3) is 3.89. The average Bonchev–Trinajstić information content (AvgIpc) is 3.34. The molecule has 2 aliphatic rings. The summed E-state index contributed by atoms with van der Waals surface area (Å²) in [5.41, 5.74) is 5.87. The first-order chi connectivity index (χ1) is 15.8. The molecule has 4 nitrogen and oxygen atoms in total. The summed E-state index contributed by atoms with van der Waals surface area (Å²) >= 11 is 0. The van der Waals surface area contributed by atoms with Crippen LogP contribution in [0.5, 0.6) is 11.5 Å². The molecule has 0 fully saturated rings. The number of rotatable bonds is 6. The van der Waals surface area contributed by atoms with Crippen molar-refractivity contribution >= 4 is 17.6 Å². The van der Waals surface area contributed by atoms with Crippen LogP contribution in [0.3, 0.4) is 0 Å². The van der Waals surface area contributed by atoms with E-state index in [-0.39, 0.29) is 0 Å². The fraction of sp³-hybridized carbons (Fsp3) is 0.250. The van der Waals surface area contributed by atoms with Crippen LogP contribution in [-0.4, -0.2) is 19.9 Å². The molecule has 4 heteroatoms. The van der Waals surface area contributed by atoms with Gasteiger partial charge in [-0.2, -0.15) is 0 Å². The smallest absolute Gasteiger partial charge is 0.161 e. The van der Waals surface area contributed by atoms with Crippen LogP contribution < -0.4 is 14.8 Å². The van der Waals surface area contributed by atoms with Crippen molar-refractivity contribution in [2.45, 2.75) is 25.3 Å². The summed E-state index contributed by atoms with van der Waals surface area (Å²) < 4.78 is 11.0. The molecule has 0 spiro atoms. The Kier molecular flexibility index (Phi) is 5.68. The summed E-state index contributed by atoms with van der Waals surface area (Å²) in [6.45, 7) is 2.57. The molecule has 3 atom stereocenters. The molecule has 1 aliphatic heterocycles. The molecular formula is C28H28N2O2. The molecule has 0 saturated heterocycles. The number of ether oxygens (including phenoxy) is 2. The number of nitrogens with zero attached hydrogens (tertiary/aromatic N) is 1. The van der Waals surface area contributed by atoms with Crippen LogP contribution in [-0.2, 0) is 0 Å². The van der Waals surface area contributed by atoms with Crippen molar-refractivity contribution in [3.8, 4) is 11.5 Å². The monoisotopic (exact) mass is 424 g/mol. The molecule has 1 N–H and O–H groups in total. The van der Waals surface area contributed by atoms with Gasteiger partial charge in [-0.05, 0) is 72.4 Å². The molecular weight excluding hydrogens is 396 g/mol. The number of methoxy groups -OCH3 is 1. The van der Waals surface area contributed by atoms with Gasteiger partial charge in [0.05, 0.1) is 25.4 Å². The van der Waals surface area contributed by atoms with E-state index in [0.29, 0.717) is 24.5 Å². The van der Waals surface area contributed by atoms with Crippen molar-refractivity contribution < 1.29 is 9.47 Å². The third-order valence-corrected chi connectivity index (χ3v) is 6.37. The molecule has 32 heavy (non-hydrogen) atoms. The van der Waals surface area contributed by atoms with E-state index in [9.17, 15) is 0 Å². The van der Waals surface area contributed by atoms with E-state index in [0.717, 1.165) is 29.2 Å². The Bertz CT molecular complexity index is 1150. The van der Waals surface area contributed by atoms with Gasteiger partial charge in [0, 0.05) is 17.8 Å². The van der Waals surface area contributed by atoms with E-state index in [1.807, 2.05) is 31.3 Å². The molecule has 0 radical (unpaired) electrons. The maximum atomic E-state index is 5.59. The zero-order valence-electron chi connectivity index (χ0n) is 18.5. The molecule has 0 bridgehead atoms. The standard InChI is InChI=1S/C28H28N2O2/c1-3-32-26-16-11-19(17-27(26)31-2)18-29-21-14-12-20(13-15-21)28-24-9-6-8-22(24)23-7-4-5-10-25(23)30-28/h4-8,10-18,22,24,28,30H,3,9H2,1-2H3/t22-,24-,28-/m0/s1. The summed E-state index contributed by atoms with van der Waals surface area (Å²) in [6, 6.07) is 23.4. The quantitative estimate of drug-likeness (QED) is 0.355. The predicted octanol–water partition coefficient (Wildman–Crippen LogP) is 6.67. The lowest BCUT2D eigenvalue weighted by Crippen LogP contribution is -2.28. The zero-order chi connectivity index (χ0) is 21.9. The highest BCUT2D eigenvalue weighted by molar-refractivity contribution is 5.83. The van der Waals surface area contributed by atoms with E-state index in [1.54, 1.807) is 7.11 Å². The highest BCUT2D eigenvalue weighted by Gasteiger charge is 2.37. The van der Waals surface area contributed by atoms with Crippen LogP contribution in [0.4, 0.5) is 11.4 Å². The van der Waals surface area contributed by atoms with E-state index >= 15 is 0 Å². The molecule has 5 rings (SSSR count). The highest BCUT2D eigenvalue weighted by Crippen LogP contribution is 2.49. The fourth-order valence-electron chi connectivity index (χ4n) is 4.83. The van der Waals surface area contributed by atoms with Gasteiger partial charge in [0.25, 0.3) is 0 Å². The van der Waals surface area contributed by atoms with Crippen molar-refractivity contribution in [3.63, 3.8) is 0 Å². The first kappa shape index (κ1) is 20.4. The molecule has 1 heterocycles. The Labute approximate surface area is 189 Å². The van der Waals surface area contributed by atoms with Crippen LogP contribution in [0.25, 0.3) is 0 Å². The van der Waals surface area contributed by atoms with Crippen LogP contribution in [0.1, 0.15) is 42.0 Å². The Morgan fingerprint density at radius 1 is 1.03 bits per heavy atom. The van der Waals surface area contributed by atoms with Gasteiger partial charge in [0.15, 0.2) is 11.5 Å². The number of fused-ring (bicyclic) bond motifs is 3. The number of benzene rings is 3. The summed E-state index contributed by atoms with van der Waals surface area (Å²) in [5, 5.41) is 3.79. The molecule has 162 valence electrons. The minimum absolute atomic E-state index is 0.304. The summed E-state index contributed by atoms with van der Waals surface area (Å²) in [4.78, 5) is 4.66. The second kappa shape index (κ2) is 8.91. The van der Waals surface area contributed by atoms with Crippen molar-refractivity contribution in [3.05, 3.63) is 95.6 Å². The lowest BCUT2D eigenvalue weighted by molar-refractivity contribution is 0.311. The third-order valence-electron chi connectivity index (χ3n) is 6.37. The lowest BCUT2D eigenvalue weighted by atomic mass is 9.77.